The molecule has 0 saturated carbocycles. The van der Waals surface area contributed by atoms with Crippen molar-refractivity contribution in [2.45, 2.75) is 26.8 Å². The smallest absolute Gasteiger partial charge is 0.119 e. The zero-order valence-corrected chi connectivity index (χ0v) is 13.4. The summed E-state index contributed by atoms with van der Waals surface area (Å²) in [6.07, 6.45) is 1.08. The first-order chi connectivity index (χ1) is 10.1. The summed E-state index contributed by atoms with van der Waals surface area (Å²) in [7, 11) is 0. The Hall–Kier alpha value is -1.67. The predicted octanol–water partition coefficient (Wildman–Crippen LogP) is 5.38. The van der Waals surface area contributed by atoms with Gasteiger partial charge in [-0.1, -0.05) is 37.6 Å². The predicted molar refractivity (Wildman–Crippen MR) is 90.2 cm³/mol. The maximum absolute atomic E-state index is 5.87. The minimum Gasteiger partial charge on any atom is -0.494 e. The molecule has 0 spiro atoms. The van der Waals surface area contributed by atoms with Crippen molar-refractivity contribution in [2.24, 2.45) is 5.92 Å². The van der Waals surface area contributed by atoms with Crippen LogP contribution in [0.5, 0.6) is 5.75 Å². The quantitative estimate of drug-likeness (QED) is 0.741. The fraction of sp³-hybridized carbons (Fsp3) is 0.333. The standard InChI is InChI=1S/C18H22ClNO/c1-14(2)11-12-21-18-9-3-15(4-10-18)13-20-17-7-5-16(19)6-8-17/h3-10,14,20H,11-13H2,1-2H3. The van der Waals surface area contributed by atoms with Crippen LogP contribution in [0.3, 0.4) is 0 Å². The van der Waals surface area contributed by atoms with Crippen molar-refractivity contribution in [3.63, 3.8) is 0 Å². The molecule has 0 amide bonds. The molecule has 0 aliphatic heterocycles. The van der Waals surface area contributed by atoms with Gasteiger partial charge in [0.1, 0.15) is 5.75 Å². The van der Waals surface area contributed by atoms with E-state index in [9.17, 15) is 0 Å². The van der Waals surface area contributed by atoms with E-state index in [1.54, 1.807) is 0 Å². The van der Waals surface area contributed by atoms with Crippen LogP contribution in [0, 0.1) is 5.92 Å². The summed E-state index contributed by atoms with van der Waals surface area (Å²) in [5.41, 5.74) is 2.29. The summed E-state index contributed by atoms with van der Waals surface area (Å²) in [6.45, 7) is 5.97. The molecular weight excluding hydrogens is 282 g/mol. The van der Waals surface area contributed by atoms with Crippen LogP contribution in [0.15, 0.2) is 48.5 Å². The van der Waals surface area contributed by atoms with Crippen molar-refractivity contribution in [3.05, 3.63) is 59.1 Å². The Bertz CT molecular complexity index is 534. The van der Waals surface area contributed by atoms with Crippen molar-refractivity contribution in [3.8, 4) is 5.75 Å². The monoisotopic (exact) mass is 303 g/mol. The van der Waals surface area contributed by atoms with Gasteiger partial charge >= 0.3 is 0 Å². The van der Waals surface area contributed by atoms with Crippen molar-refractivity contribution in [1.29, 1.82) is 0 Å². The van der Waals surface area contributed by atoms with Crippen LogP contribution in [0.4, 0.5) is 5.69 Å². The van der Waals surface area contributed by atoms with Crippen LogP contribution in [-0.4, -0.2) is 6.61 Å². The summed E-state index contributed by atoms with van der Waals surface area (Å²) >= 11 is 5.87. The first kappa shape index (κ1) is 15.7. The molecule has 3 heteroatoms. The van der Waals surface area contributed by atoms with Gasteiger partial charge in [0, 0.05) is 17.3 Å². The molecular formula is C18H22ClNO. The van der Waals surface area contributed by atoms with E-state index in [0.717, 1.165) is 36.0 Å². The van der Waals surface area contributed by atoms with E-state index in [1.807, 2.05) is 36.4 Å². The number of halogens is 1. The second kappa shape index (κ2) is 7.94. The molecule has 0 heterocycles. The highest BCUT2D eigenvalue weighted by Crippen LogP contribution is 2.16. The first-order valence-electron chi connectivity index (χ1n) is 7.34. The van der Waals surface area contributed by atoms with E-state index in [1.165, 1.54) is 5.56 Å². The molecule has 0 atom stereocenters. The van der Waals surface area contributed by atoms with E-state index in [2.05, 4.69) is 31.3 Å². The van der Waals surface area contributed by atoms with Gasteiger partial charge in [0.25, 0.3) is 0 Å². The van der Waals surface area contributed by atoms with Gasteiger partial charge in [0.15, 0.2) is 0 Å². The third-order valence-electron chi connectivity index (χ3n) is 3.23. The number of nitrogens with one attached hydrogen (secondary N) is 1. The lowest BCUT2D eigenvalue weighted by Crippen LogP contribution is -2.02. The minimum atomic E-state index is 0.674. The minimum absolute atomic E-state index is 0.674. The molecule has 0 aliphatic carbocycles. The lowest BCUT2D eigenvalue weighted by molar-refractivity contribution is 0.289. The Morgan fingerprint density at radius 3 is 2.29 bits per heavy atom. The second-order valence-electron chi connectivity index (χ2n) is 5.54. The van der Waals surface area contributed by atoms with Crippen LogP contribution < -0.4 is 10.1 Å². The fourth-order valence-corrected chi connectivity index (χ4v) is 2.01. The zero-order valence-electron chi connectivity index (χ0n) is 12.6. The Labute approximate surface area is 132 Å². The number of benzene rings is 2. The lowest BCUT2D eigenvalue weighted by atomic mass is 10.1. The highest BCUT2D eigenvalue weighted by molar-refractivity contribution is 6.30. The summed E-state index contributed by atoms with van der Waals surface area (Å²) in [6, 6.07) is 16.0. The zero-order chi connectivity index (χ0) is 15.1. The van der Waals surface area contributed by atoms with E-state index in [4.69, 9.17) is 16.3 Å². The molecule has 0 bridgehead atoms. The molecule has 2 aromatic carbocycles. The number of hydrogen-bond donors (Lipinski definition) is 1. The van der Waals surface area contributed by atoms with Gasteiger partial charge in [-0.3, -0.25) is 0 Å². The lowest BCUT2D eigenvalue weighted by Gasteiger charge is -2.10. The summed E-state index contributed by atoms with van der Waals surface area (Å²) in [5.74, 6) is 1.61. The van der Waals surface area contributed by atoms with Crippen molar-refractivity contribution >= 4 is 17.3 Å². The third-order valence-corrected chi connectivity index (χ3v) is 3.48. The molecule has 0 aliphatic rings. The highest BCUT2D eigenvalue weighted by Gasteiger charge is 1.98. The second-order valence-corrected chi connectivity index (χ2v) is 5.97. The van der Waals surface area contributed by atoms with Crippen molar-refractivity contribution in [1.82, 2.24) is 0 Å². The molecule has 1 N–H and O–H groups in total. The molecule has 0 radical (unpaired) electrons. The molecule has 0 fully saturated rings. The van der Waals surface area contributed by atoms with Gasteiger partial charge in [0.05, 0.1) is 6.61 Å². The van der Waals surface area contributed by atoms with Crippen LogP contribution in [-0.2, 0) is 6.54 Å². The molecule has 2 nitrogen and oxygen atoms in total. The van der Waals surface area contributed by atoms with E-state index >= 15 is 0 Å². The van der Waals surface area contributed by atoms with Crippen molar-refractivity contribution in [2.75, 3.05) is 11.9 Å². The molecule has 2 aromatic rings. The molecule has 21 heavy (non-hydrogen) atoms. The van der Waals surface area contributed by atoms with E-state index in [-0.39, 0.29) is 0 Å². The SMILES string of the molecule is CC(C)CCOc1ccc(CNc2ccc(Cl)cc2)cc1. The highest BCUT2D eigenvalue weighted by atomic mass is 35.5. The van der Waals surface area contributed by atoms with Crippen LogP contribution >= 0.6 is 11.6 Å². The van der Waals surface area contributed by atoms with E-state index < -0.39 is 0 Å². The van der Waals surface area contributed by atoms with Crippen molar-refractivity contribution < 1.29 is 4.74 Å². The van der Waals surface area contributed by atoms with Gasteiger partial charge in [-0.15, -0.1) is 0 Å². The Balaban J connectivity index is 1.80. The topological polar surface area (TPSA) is 21.3 Å². The summed E-state index contributed by atoms with van der Waals surface area (Å²) in [4.78, 5) is 0. The van der Waals surface area contributed by atoms with Crippen LogP contribution in [0.25, 0.3) is 0 Å². The summed E-state index contributed by atoms with van der Waals surface area (Å²) < 4.78 is 5.71. The first-order valence-corrected chi connectivity index (χ1v) is 7.72. The average Bonchev–Trinajstić information content (AvgIpc) is 2.48. The average molecular weight is 304 g/mol. The number of ether oxygens (including phenoxy) is 1. The van der Waals surface area contributed by atoms with Gasteiger partial charge in [-0.2, -0.15) is 0 Å². The normalized spacial score (nSPS) is 10.7. The largest absolute Gasteiger partial charge is 0.494 e. The maximum atomic E-state index is 5.87. The Morgan fingerprint density at radius 1 is 1.00 bits per heavy atom. The molecule has 2 rings (SSSR count). The number of anilines is 1. The molecule has 0 unspecified atom stereocenters. The Kier molecular flexibility index (Phi) is 5.94. The molecule has 0 aromatic heterocycles. The van der Waals surface area contributed by atoms with Gasteiger partial charge < -0.3 is 10.1 Å². The summed E-state index contributed by atoms with van der Waals surface area (Å²) in [5, 5.41) is 4.12. The number of rotatable bonds is 7. The third kappa shape index (κ3) is 5.68. The molecule has 112 valence electrons. The van der Waals surface area contributed by atoms with Gasteiger partial charge in [0.2, 0.25) is 0 Å². The Morgan fingerprint density at radius 2 is 1.67 bits per heavy atom. The van der Waals surface area contributed by atoms with E-state index in [0.29, 0.717) is 5.92 Å². The van der Waals surface area contributed by atoms with Gasteiger partial charge in [-0.05, 0) is 54.3 Å². The van der Waals surface area contributed by atoms with Crippen LogP contribution in [0.1, 0.15) is 25.8 Å². The van der Waals surface area contributed by atoms with Gasteiger partial charge in [-0.25, -0.2) is 0 Å². The maximum Gasteiger partial charge on any atom is 0.119 e. The fourth-order valence-electron chi connectivity index (χ4n) is 1.89. The van der Waals surface area contributed by atoms with Crippen LogP contribution in [0.2, 0.25) is 5.02 Å². The number of hydrogen-bond acceptors (Lipinski definition) is 2. The molecule has 0 saturated heterocycles.